The van der Waals surface area contributed by atoms with Gasteiger partial charge in [-0.05, 0) is 23.6 Å². The highest BCUT2D eigenvalue weighted by molar-refractivity contribution is 5.74. The van der Waals surface area contributed by atoms with Gasteiger partial charge in [-0.3, -0.25) is 21.2 Å². The Balaban J connectivity index is 2.45. The molecule has 1 atom stereocenters. The monoisotopic (exact) mass is 216 g/mol. The van der Waals surface area contributed by atoms with Crippen molar-refractivity contribution in [1.82, 2.24) is 15.4 Å². The molecule has 3 N–H and O–H groups in total. The SMILES string of the molecule is CC(C)C(NN)c1ccc2nccnc2c1. The molecule has 0 aliphatic rings. The van der Waals surface area contributed by atoms with Gasteiger partial charge in [-0.1, -0.05) is 19.9 Å². The lowest BCUT2D eigenvalue weighted by Gasteiger charge is -2.20. The van der Waals surface area contributed by atoms with Crippen molar-refractivity contribution in [3.63, 3.8) is 0 Å². The van der Waals surface area contributed by atoms with E-state index in [0.29, 0.717) is 5.92 Å². The van der Waals surface area contributed by atoms with Gasteiger partial charge in [-0.25, -0.2) is 0 Å². The molecule has 2 aromatic rings. The zero-order valence-corrected chi connectivity index (χ0v) is 9.51. The maximum Gasteiger partial charge on any atom is 0.0890 e. The number of nitrogens with one attached hydrogen (secondary N) is 1. The second kappa shape index (κ2) is 4.55. The number of nitrogens with two attached hydrogens (primary N) is 1. The molecular weight excluding hydrogens is 200 g/mol. The molecule has 0 aliphatic carbocycles. The van der Waals surface area contributed by atoms with Gasteiger partial charge in [0.2, 0.25) is 0 Å². The van der Waals surface area contributed by atoms with Gasteiger partial charge in [-0.15, -0.1) is 0 Å². The van der Waals surface area contributed by atoms with Crippen molar-refractivity contribution in [3.8, 4) is 0 Å². The minimum atomic E-state index is 0.145. The molecule has 0 saturated carbocycles. The first-order chi connectivity index (χ1) is 7.72. The van der Waals surface area contributed by atoms with Crippen LogP contribution in [0.4, 0.5) is 0 Å². The Morgan fingerprint density at radius 2 is 1.81 bits per heavy atom. The highest BCUT2D eigenvalue weighted by atomic mass is 15.2. The van der Waals surface area contributed by atoms with Crippen LogP contribution in [0.5, 0.6) is 0 Å². The summed E-state index contributed by atoms with van der Waals surface area (Å²) in [4.78, 5) is 8.52. The molecule has 16 heavy (non-hydrogen) atoms. The van der Waals surface area contributed by atoms with Crippen LogP contribution in [0.1, 0.15) is 25.5 Å². The number of hydrogen-bond acceptors (Lipinski definition) is 4. The molecular formula is C12H16N4. The van der Waals surface area contributed by atoms with E-state index in [1.807, 2.05) is 18.2 Å². The molecule has 1 heterocycles. The van der Waals surface area contributed by atoms with Crippen molar-refractivity contribution in [2.24, 2.45) is 11.8 Å². The Labute approximate surface area is 94.9 Å². The second-order valence-corrected chi connectivity index (χ2v) is 4.19. The van der Waals surface area contributed by atoms with E-state index in [1.54, 1.807) is 12.4 Å². The van der Waals surface area contributed by atoms with Crippen LogP contribution in [0.25, 0.3) is 11.0 Å². The lowest BCUT2D eigenvalue weighted by Crippen LogP contribution is -2.31. The van der Waals surface area contributed by atoms with E-state index in [9.17, 15) is 0 Å². The molecule has 0 amide bonds. The van der Waals surface area contributed by atoms with Crippen LogP contribution >= 0.6 is 0 Å². The van der Waals surface area contributed by atoms with E-state index in [-0.39, 0.29) is 6.04 Å². The normalized spacial score (nSPS) is 13.2. The number of hydrogen-bond donors (Lipinski definition) is 2. The molecule has 1 aromatic heterocycles. The second-order valence-electron chi connectivity index (χ2n) is 4.19. The summed E-state index contributed by atoms with van der Waals surface area (Å²) in [6.45, 7) is 4.26. The largest absolute Gasteiger partial charge is 0.271 e. The van der Waals surface area contributed by atoms with Crippen LogP contribution in [0.15, 0.2) is 30.6 Å². The fourth-order valence-corrected chi connectivity index (χ4v) is 1.85. The summed E-state index contributed by atoms with van der Waals surface area (Å²) >= 11 is 0. The topological polar surface area (TPSA) is 63.8 Å². The molecule has 2 rings (SSSR count). The Kier molecular flexibility index (Phi) is 3.12. The van der Waals surface area contributed by atoms with Crippen LogP contribution in [-0.4, -0.2) is 9.97 Å². The summed E-state index contributed by atoms with van der Waals surface area (Å²) in [6, 6.07) is 6.20. The third kappa shape index (κ3) is 2.03. The molecule has 0 aliphatic heterocycles. The lowest BCUT2D eigenvalue weighted by molar-refractivity contribution is 0.421. The van der Waals surface area contributed by atoms with Crippen molar-refractivity contribution in [2.75, 3.05) is 0 Å². The third-order valence-electron chi connectivity index (χ3n) is 2.70. The first kappa shape index (κ1) is 11.0. The molecule has 84 valence electrons. The van der Waals surface area contributed by atoms with E-state index in [4.69, 9.17) is 5.84 Å². The number of benzene rings is 1. The predicted octanol–water partition coefficient (Wildman–Crippen LogP) is 1.79. The molecule has 0 bridgehead atoms. The van der Waals surface area contributed by atoms with E-state index in [2.05, 4.69) is 29.2 Å². The Morgan fingerprint density at radius 1 is 1.12 bits per heavy atom. The van der Waals surface area contributed by atoms with Crippen LogP contribution in [0, 0.1) is 5.92 Å². The van der Waals surface area contributed by atoms with Gasteiger partial charge >= 0.3 is 0 Å². The van der Waals surface area contributed by atoms with Gasteiger partial charge in [-0.2, -0.15) is 0 Å². The zero-order chi connectivity index (χ0) is 11.5. The van der Waals surface area contributed by atoms with Crippen molar-refractivity contribution in [3.05, 3.63) is 36.2 Å². The van der Waals surface area contributed by atoms with Crippen molar-refractivity contribution in [2.45, 2.75) is 19.9 Å². The van der Waals surface area contributed by atoms with Gasteiger partial charge < -0.3 is 0 Å². The van der Waals surface area contributed by atoms with Crippen molar-refractivity contribution in [1.29, 1.82) is 0 Å². The Morgan fingerprint density at radius 3 is 2.44 bits per heavy atom. The van der Waals surface area contributed by atoms with E-state index in [1.165, 1.54) is 0 Å². The van der Waals surface area contributed by atoms with E-state index < -0.39 is 0 Å². The Hall–Kier alpha value is -1.52. The fourth-order valence-electron chi connectivity index (χ4n) is 1.85. The summed E-state index contributed by atoms with van der Waals surface area (Å²) in [5, 5.41) is 0. The van der Waals surface area contributed by atoms with Crippen LogP contribution in [0.2, 0.25) is 0 Å². The lowest BCUT2D eigenvalue weighted by atomic mass is 9.96. The van der Waals surface area contributed by atoms with Gasteiger partial charge in [0.15, 0.2) is 0 Å². The summed E-state index contributed by atoms with van der Waals surface area (Å²) in [7, 11) is 0. The van der Waals surface area contributed by atoms with Gasteiger partial charge in [0.05, 0.1) is 11.0 Å². The molecule has 0 saturated heterocycles. The number of nitrogens with zero attached hydrogens (tertiary/aromatic N) is 2. The number of aromatic nitrogens is 2. The summed E-state index contributed by atoms with van der Waals surface area (Å²) < 4.78 is 0. The highest BCUT2D eigenvalue weighted by Gasteiger charge is 2.14. The molecule has 0 fully saturated rings. The number of rotatable bonds is 3. The predicted molar refractivity (Wildman–Crippen MR) is 64.4 cm³/mol. The average molecular weight is 216 g/mol. The quantitative estimate of drug-likeness (QED) is 0.606. The third-order valence-corrected chi connectivity index (χ3v) is 2.70. The minimum absolute atomic E-state index is 0.145. The average Bonchev–Trinajstić information content (AvgIpc) is 2.29. The van der Waals surface area contributed by atoms with Gasteiger partial charge in [0.1, 0.15) is 0 Å². The Bertz CT molecular complexity index is 481. The van der Waals surface area contributed by atoms with Gasteiger partial charge in [0.25, 0.3) is 0 Å². The summed E-state index contributed by atoms with van der Waals surface area (Å²) in [5.41, 5.74) is 5.79. The van der Waals surface area contributed by atoms with Crippen LogP contribution in [-0.2, 0) is 0 Å². The fraction of sp³-hybridized carbons (Fsp3) is 0.333. The molecule has 1 aromatic carbocycles. The van der Waals surface area contributed by atoms with Crippen molar-refractivity contribution < 1.29 is 0 Å². The summed E-state index contributed by atoms with van der Waals surface area (Å²) in [5.74, 6) is 5.99. The molecule has 0 spiro atoms. The summed E-state index contributed by atoms with van der Waals surface area (Å²) in [6.07, 6.45) is 3.40. The molecule has 4 nitrogen and oxygen atoms in total. The molecule has 1 unspecified atom stereocenters. The molecule has 4 heteroatoms. The highest BCUT2D eigenvalue weighted by Crippen LogP contribution is 2.22. The zero-order valence-electron chi connectivity index (χ0n) is 9.51. The minimum Gasteiger partial charge on any atom is -0.271 e. The van der Waals surface area contributed by atoms with Gasteiger partial charge in [0, 0.05) is 18.4 Å². The van der Waals surface area contributed by atoms with E-state index in [0.717, 1.165) is 16.6 Å². The standard InChI is InChI=1S/C12H16N4/c1-8(2)12(16-13)9-3-4-10-11(7-9)15-6-5-14-10/h3-8,12,16H,13H2,1-2H3. The van der Waals surface area contributed by atoms with E-state index >= 15 is 0 Å². The number of hydrazine groups is 1. The first-order valence-electron chi connectivity index (χ1n) is 5.39. The maximum absolute atomic E-state index is 5.56. The molecule has 0 radical (unpaired) electrons. The first-order valence-corrected chi connectivity index (χ1v) is 5.39. The number of fused-ring (bicyclic) bond motifs is 1. The smallest absolute Gasteiger partial charge is 0.0890 e. The van der Waals surface area contributed by atoms with Crippen LogP contribution < -0.4 is 11.3 Å². The van der Waals surface area contributed by atoms with Crippen molar-refractivity contribution >= 4 is 11.0 Å². The maximum atomic E-state index is 5.56. The van der Waals surface area contributed by atoms with Crippen LogP contribution in [0.3, 0.4) is 0 Å².